The van der Waals surface area contributed by atoms with E-state index in [1.807, 2.05) is 0 Å². The van der Waals surface area contributed by atoms with E-state index < -0.39 is 11.7 Å². The van der Waals surface area contributed by atoms with Gasteiger partial charge in [0.25, 0.3) is 5.91 Å². The zero-order chi connectivity index (χ0) is 22.7. The molecule has 0 aliphatic heterocycles. The first kappa shape index (κ1) is 21.3. The molecular weight excluding hydrogens is 437 g/mol. The van der Waals surface area contributed by atoms with Gasteiger partial charge in [-0.15, -0.1) is 0 Å². The number of benzene rings is 1. The molecule has 0 saturated heterocycles. The van der Waals surface area contributed by atoms with Gasteiger partial charge in [-0.2, -0.15) is 5.10 Å². The lowest BCUT2D eigenvalue weighted by atomic mass is 10.2. The van der Waals surface area contributed by atoms with E-state index in [-0.39, 0.29) is 23.0 Å². The van der Waals surface area contributed by atoms with Gasteiger partial charge in [0, 0.05) is 18.3 Å². The number of fused-ring (bicyclic) bond motifs is 1. The minimum atomic E-state index is -0.526. The van der Waals surface area contributed by atoms with Crippen molar-refractivity contribution in [1.29, 1.82) is 0 Å². The van der Waals surface area contributed by atoms with Crippen LogP contribution in [0.25, 0.3) is 11.0 Å². The van der Waals surface area contributed by atoms with Gasteiger partial charge in [-0.3, -0.25) is 19.7 Å². The Morgan fingerprint density at radius 3 is 2.69 bits per heavy atom. The number of carbonyl (C=O) groups excluding carboxylic acids is 2. The van der Waals surface area contributed by atoms with Crippen LogP contribution in [-0.4, -0.2) is 36.8 Å². The molecule has 1 aromatic carbocycles. The minimum absolute atomic E-state index is 0.0177. The summed E-state index contributed by atoms with van der Waals surface area (Å²) in [4.78, 5) is 36.5. The van der Waals surface area contributed by atoms with Gasteiger partial charge in [0.05, 0.1) is 17.3 Å². The number of nitrogens with zero attached hydrogens (tertiary/aromatic N) is 4. The maximum Gasteiger partial charge on any atom is 0.272 e. The number of amides is 1. The third kappa shape index (κ3) is 4.54. The molecule has 0 fully saturated rings. The molecule has 0 unspecified atom stereocenters. The van der Waals surface area contributed by atoms with Crippen LogP contribution >= 0.6 is 11.6 Å². The Labute approximate surface area is 186 Å². The maximum atomic E-state index is 13.3. The first-order valence-electron chi connectivity index (χ1n) is 9.53. The summed E-state index contributed by atoms with van der Waals surface area (Å²) >= 11 is 5.77. The number of aromatic nitrogens is 5. The molecular formula is C21H17ClFN7O2. The molecule has 3 aromatic heterocycles. The predicted octanol–water partition coefficient (Wildman–Crippen LogP) is 3.29. The van der Waals surface area contributed by atoms with Crippen molar-refractivity contribution in [3.63, 3.8) is 0 Å². The normalized spacial score (nSPS) is 10.8. The topological polar surface area (TPSA) is 126 Å². The second kappa shape index (κ2) is 9.06. The Bertz CT molecular complexity index is 1310. The largest absolute Gasteiger partial charge is 0.361 e. The number of anilines is 1. The number of pyridine rings is 1. The summed E-state index contributed by atoms with van der Waals surface area (Å²) in [6, 6.07) is 7.67. The SMILES string of the molecule is CC(=O)c1ccc(CNc2n[nH]c3c(C(=O)NCc4ccc(F)c(Cl)c4)ncnc23)nc1. The molecule has 0 atom stereocenters. The number of hydrogen-bond donors (Lipinski definition) is 3. The number of nitrogens with one attached hydrogen (secondary N) is 3. The third-order valence-electron chi connectivity index (χ3n) is 4.67. The van der Waals surface area contributed by atoms with E-state index in [4.69, 9.17) is 11.6 Å². The Balaban J connectivity index is 1.46. The summed E-state index contributed by atoms with van der Waals surface area (Å²) in [5.41, 5.74) is 2.80. The lowest BCUT2D eigenvalue weighted by Crippen LogP contribution is -2.24. The monoisotopic (exact) mass is 453 g/mol. The van der Waals surface area contributed by atoms with Crippen LogP contribution < -0.4 is 10.6 Å². The number of Topliss-reactive ketones (excluding diaryl/α,β-unsaturated/α-hetero) is 1. The van der Waals surface area contributed by atoms with Crippen molar-refractivity contribution in [3.05, 3.63) is 76.2 Å². The zero-order valence-electron chi connectivity index (χ0n) is 16.8. The highest BCUT2D eigenvalue weighted by Crippen LogP contribution is 2.21. The molecule has 162 valence electrons. The van der Waals surface area contributed by atoms with E-state index in [2.05, 4.69) is 35.8 Å². The quantitative estimate of drug-likeness (QED) is 0.366. The Morgan fingerprint density at radius 1 is 1.12 bits per heavy atom. The number of hydrogen-bond acceptors (Lipinski definition) is 7. The fourth-order valence-corrected chi connectivity index (χ4v) is 3.16. The Kier molecular flexibility index (Phi) is 6.04. The van der Waals surface area contributed by atoms with Gasteiger partial charge in [0.2, 0.25) is 0 Å². The lowest BCUT2D eigenvalue weighted by Gasteiger charge is -2.06. The molecule has 0 saturated carbocycles. The van der Waals surface area contributed by atoms with Gasteiger partial charge in [0.15, 0.2) is 17.3 Å². The standard InChI is InChI=1S/C21H17ClFN7O2/c1-11(31)13-3-4-14(24-8-13)9-25-20-18-17(29-30-20)19(28-10-27-18)21(32)26-7-12-2-5-16(23)15(22)6-12/h2-6,8,10H,7,9H2,1H3,(H,26,32)(H2,25,29,30). The highest BCUT2D eigenvalue weighted by Gasteiger charge is 2.17. The van der Waals surface area contributed by atoms with Gasteiger partial charge in [0.1, 0.15) is 23.2 Å². The van der Waals surface area contributed by atoms with Crippen molar-refractivity contribution in [2.24, 2.45) is 0 Å². The summed E-state index contributed by atoms with van der Waals surface area (Å²) in [5.74, 6) is -0.601. The molecule has 0 aliphatic carbocycles. The Morgan fingerprint density at radius 2 is 1.97 bits per heavy atom. The van der Waals surface area contributed by atoms with Crippen LogP contribution in [0.3, 0.4) is 0 Å². The van der Waals surface area contributed by atoms with E-state index in [9.17, 15) is 14.0 Å². The van der Waals surface area contributed by atoms with Gasteiger partial charge < -0.3 is 10.6 Å². The molecule has 1 amide bonds. The lowest BCUT2D eigenvalue weighted by molar-refractivity contribution is 0.0946. The number of rotatable bonds is 7. The predicted molar refractivity (Wildman–Crippen MR) is 116 cm³/mol. The van der Waals surface area contributed by atoms with Crippen LogP contribution in [0.15, 0.2) is 42.9 Å². The van der Waals surface area contributed by atoms with Crippen LogP contribution in [0.4, 0.5) is 10.2 Å². The van der Waals surface area contributed by atoms with E-state index in [0.717, 1.165) is 0 Å². The highest BCUT2D eigenvalue weighted by atomic mass is 35.5. The van der Waals surface area contributed by atoms with Gasteiger partial charge >= 0.3 is 0 Å². The number of ketones is 1. The minimum Gasteiger partial charge on any atom is -0.361 e. The first-order valence-corrected chi connectivity index (χ1v) is 9.91. The summed E-state index contributed by atoms with van der Waals surface area (Å²) in [6.07, 6.45) is 2.79. The van der Waals surface area contributed by atoms with E-state index >= 15 is 0 Å². The third-order valence-corrected chi connectivity index (χ3v) is 4.96. The van der Waals surface area contributed by atoms with Gasteiger partial charge in [-0.1, -0.05) is 17.7 Å². The smallest absolute Gasteiger partial charge is 0.272 e. The average Bonchev–Trinajstić information content (AvgIpc) is 3.21. The van der Waals surface area contributed by atoms with Gasteiger partial charge in [-0.25, -0.2) is 14.4 Å². The van der Waals surface area contributed by atoms with Crippen LogP contribution in [0.1, 0.15) is 39.0 Å². The zero-order valence-corrected chi connectivity index (χ0v) is 17.6. The van der Waals surface area contributed by atoms with Crippen LogP contribution in [-0.2, 0) is 13.1 Å². The average molecular weight is 454 g/mol. The number of H-pyrrole nitrogens is 1. The molecule has 3 N–H and O–H groups in total. The number of halogens is 2. The second-order valence-electron chi connectivity index (χ2n) is 6.90. The van der Waals surface area contributed by atoms with Crippen molar-refractivity contribution >= 4 is 40.1 Å². The van der Waals surface area contributed by atoms with E-state index in [1.165, 1.54) is 37.6 Å². The maximum absolute atomic E-state index is 13.3. The molecule has 9 nitrogen and oxygen atoms in total. The molecule has 4 aromatic rings. The molecule has 0 spiro atoms. The summed E-state index contributed by atoms with van der Waals surface area (Å²) < 4.78 is 13.3. The van der Waals surface area contributed by atoms with Crippen molar-refractivity contribution in [1.82, 2.24) is 30.5 Å². The Hall–Kier alpha value is -3.92. The van der Waals surface area contributed by atoms with Crippen LogP contribution in [0.2, 0.25) is 5.02 Å². The number of carbonyl (C=O) groups is 2. The molecule has 4 rings (SSSR count). The van der Waals surface area contributed by atoms with E-state index in [1.54, 1.807) is 12.1 Å². The summed E-state index contributed by atoms with van der Waals surface area (Å²) in [5, 5.41) is 12.8. The van der Waals surface area contributed by atoms with Crippen molar-refractivity contribution in [3.8, 4) is 0 Å². The van der Waals surface area contributed by atoms with Crippen molar-refractivity contribution < 1.29 is 14.0 Å². The molecule has 0 bridgehead atoms. The molecule has 32 heavy (non-hydrogen) atoms. The second-order valence-corrected chi connectivity index (χ2v) is 7.30. The molecule has 11 heteroatoms. The molecule has 3 heterocycles. The fraction of sp³-hybridized carbons (Fsp3) is 0.143. The highest BCUT2D eigenvalue weighted by molar-refractivity contribution is 6.30. The summed E-state index contributed by atoms with van der Waals surface area (Å²) in [6.45, 7) is 1.97. The van der Waals surface area contributed by atoms with Crippen molar-refractivity contribution in [2.45, 2.75) is 20.0 Å². The molecule has 0 radical (unpaired) electrons. The van der Waals surface area contributed by atoms with E-state index in [0.29, 0.717) is 40.2 Å². The number of aromatic amines is 1. The van der Waals surface area contributed by atoms with Gasteiger partial charge in [-0.05, 0) is 36.8 Å². The summed E-state index contributed by atoms with van der Waals surface area (Å²) in [7, 11) is 0. The van der Waals surface area contributed by atoms with Crippen LogP contribution in [0, 0.1) is 5.82 Å². The van der Waals surface area contributed by atoms with Crippen LogP contribution in [0.5, 0.6) is 0 Å². The first-order chi connectivity index (χ1) is 15.4. The fourth-order valence-electron chi connectivity index (χ4n) is 2.96. The molecule has 0 aliphatic rings. The van der Waals surface area contributed by atoms with Crippen molar-refractivity contribution in [2.75, 3.05) is 5.32 Å².